The lowest BCUT2D eigenvalue weighted by Crippen LogP contribution is -2.43. The van der Waals surface area contributed by atoms with E-state index >= 15 is 0 Å². The van der Waals surface area contributed by atoms with E-state index in [1.54, 1.807) is 18.2 Å². The maximum absolute atomic E-state index is 12.4. The van der Waals surface area contributed by atoms with Crippen LogP contribution in [0.25, 0.3) is 0 Å². The summed E-state index contributed by atoms with van der Waals surface area (Å²) in [4.78, 5) is 12.5. The Balaban J connectivity index is 1.99. The summed E-state index contributed by atoms with van der Waals surface area (Å²) in [5, 5.41) is 5.88. The lowest BCUT2D eigenvalue weighted by molar-refractivity contribution is -0.117. The SMILES string of the molecule is Cc1ccc(SCC(F)(F)F)c(NC(=O)CC2COCCN2)c1. The molecule has 0 radical (unpaired) electrons. The summed E-state index contributed by atoms with van der Waals surface area (Å²) < 4.78 is 42.5. The van der Waals surface area contributed by atoms with E-state index in [0.29, 0.717) is 42.1 Å². The molecule has 0 saturated carbocycles. The van der Waals surface area contributed by atoms with Crippen LogP contribution in [0.1, 0.15) is 12.0 Å². The van der Waals surface area contributed by atoms with Crippen molar-refractivity contribution in [1.29, 1.82) is 0 Å². The van der Waals surface area contributed by atoms with Gasteiger partial charge in [0.25, 0.3) is 0 Å². The van der Waals surface area contributed by atoms with E-state index in [1.807, 2.05) is 6.92 Å². The molecule has 1 aromatic carbocycles. The van der Waals surface area contributed by atoms with Gasteiger partial charge in [-0.3, -0.25) is 4.79 Å². The fraction of sp³-hybridized carbons (Fsp3) is 0.533. The average Bonchev–Trinajstić information content (AvgIpc) is 2.46. The standard InChI is InChI=1S/C15H19F3N2O2S/c1-10-2-3-13(23-9-15(16,17)18)12(6-10)20-14(21)7-11-8-22-5-4-19-11/h2-3,6,11,19H,4-5,7-9H2,1H3,(H,20,21). The second-order valence-corrected chi connectivity index (χ2v) is 6.40. The smallest absolute Gasteiger partial charge is 0.378 e. The van der Waals surface area contributed by atoms with Crippen molar-refractivity contribution in [3.8, 4) is 0 Å². The van der Waals surface area contributed by atoms with Crippen molar-refractivity contribution in [2.75, 3.05) is 30.8 Å². The Hall–Kier alpha value is -1.25. The minimum absolute atomic E-state index is 0.0696. The van der Waals surface area contributed by atoms with E-state index in [0.717, 1.165) is 5.56 Å². The largest absolute Gasteiger partial charge is 0.398 e. The van der Waals surface area contributed by atoms with Crippen molar-refractivity contribution in [3.63, 3.8) is 0 Å². The second-order valence-electron chi connectivity index (χ2n) is 5.38. The van der Waals surface area contributed by atoms with Crippen molar-refractivity contribution < 1.29 is 22.7 Å². The lowest BCUT2D eigenvalue weighted by Gasteiger charge is -2.23. The molecule has 1 aliphatic heterocycles. The average molecular weight is 348 g/mol. The zero-order valence-electron chi connectivity index (χ0n) is 12.7. The van der Waals surface area contributed by atoms with Gasteiger partial charge in [0.2, 0.25) is 5.91 Å². The number of hydrogen-bond donors (Lipinski definition) is 2. The molecule has 23 heavy (non-hydrogen) atoms. The van der Waals surface area contributed by atoms with Crippen LogP contribution in [-0.2, 0) is 9.53 Å². The number of thioether (sulfide) groups is 1. The molecule has 2 N–H and O–H groups in total. The molecule has 0 spiro atoms. The number of rotatable bonds is 5. The summed E-state index contributed by atoms with van der Waals surface area (Å²) in [7, 11) is 0. The molecule has 0 bridgehead atoms. The maximum Gasteiger partial charge on any atom is 0.398 e. The molecule has 2 rings (SSSR count). The van der Waals surface area contributed by atoms with Crippen LogP contribution in [0, 0.1) is 6.92 Å². The predicted molar refractivity (Wildman–Crippen MR) is 83.8 cm³/mol. The first-order chi connectivity index (χ1) is 10.8. The molecule has 1 fully saturated rings. The van der Waals surface area contributed by atoms with E-state index in [-0.39, 0.29) is 18.4 Å². The highest BCUT2D eigenvalue weighted by atomic mass is 32.2. The molecule has 1 saturated heterocycles. The van der Waals surface area contributed by atoms with Gasteiger partial charge in [-0.25, -0.2) is 0 Å². The summed E-state index contributed by atoms with van der Waals surface area (Å²) in [6, 6.07) is 4.94. The Bertz CT molecular complexity index is 546. The number of hydrogen-bond acceptors (Lipinski definition) is 4. The number of aryl methyl sites for hydroxylation is 1. The molecule has 1 aromatic rings. The van der Waals surface area contributed by atoms with Crippen LogP contribution < -0.4 is 10.6 Å². The normalized spacial score (nSPS) is 18.7. The summed E-state index contributed by atoms with van der Waals surface area (Å²) in [5.41, 5.74) is 1.29. The molecule has 4 nitrogen and oxygen atoms in total. The number of carbonyl (C=O) groups is 1. The number of morpholine rings is 1. The molecule has 1 aliphatic rings. The van der Waals surface area contributed by atoms with Gasteiger partial charge in [0, 0.05) is 23.9 Å². The summed E-state index contributed by atoms with van der Waals surface area (Å²) >= 11 is 0.671. The molecular formula is C15H19F3N2O2S. The first kappa shape index (κ1) is 18.1. The number of carbonyl (C=O) groups excluding carboxylic acids is 1. The van der Waals surface area contributed by atoms with Gasteiger partial charge in [-0.15, -0.1) is 11.8 Å². The van der Waals surface area contributed by atoms with Crippen molar-refractivity contribution in [1.82, 2.24) is 5.32 Å². The van der Waals surface area contributed by atoms with Crippen LogP contribution in [-0.4, -0.2) is 43.6 Å². The van der Waals surface area contributed by atoms with Crippen molar-refractivity contribution >= 4 is 23.4 Å². The Kier molecular flexibility index (Phi) is 6.32. The summed E-state index contributed by atoms with van der Waals surface area (Å²) in [6.07, 6.45) is -4.03. The van der Waals surface area contributed by atoms with Crippen molar-refractivity contribution in [2.24, 2.45) is 0 Å². The molecule has 0 aliphatic carbocycles. The zero-order chi connectivity index (χ0) is 16.9. The van der Waals surface area contributed by atoms with Crippen LogP contribution in [0.3, 0.4) is 0 Å². The van der Waals surface area contributed by atoms with Gasteiger partial charge in [0.1, 0.15) is 0 Å². The van der Waals surface area contributed by atoms with Crippen LogP contribution in [0.5, 0.6) is 0 Å². The summed E-state index contributed by atoms with van der Waals surface area (Å²) in [6.45, 7) is 3.59. The molecule has 1 heterocycles. The third-order valence-corrected chi connectivity index (χ3v) is 4.37. The number of nitrogens with one attached hydrogen (secondary N) is 2. The molecule has 8 heteroatoms. The number of ether oxygens (including phenoxy) is 1. The van der Waals surface area contributed by atoms with Gasteiger partial charge < -0.3 is 15.4 Å². The zero-order valence-corrected chi connectivity index (χ0v) is 13.5. The first-order valence-corrected chi connectivity index (χ1v) is 8.23. The third-order valence-electron chi connectivity index (χ3n) is 3.23. The van der Waals surface area contributed by atoms with Crippen LogP contribution >= 0.6 is 11.8 Å². The number of benzene rings is 1. The quantitative estimate of drug-likeness (QED) is 0.804. The minimum atomic E-state index is -4.25. The van der Waals surface area contributed by atoms with E-state index in [4.69, 9.17) is 4.74 Å². The Morgan fingerprint density at radius 2 is 2.26 bits per heavy atom. The van der Waals surface area contributed by atoms with Crippen LogP contribution in [0.15, 0.2) is 23.1 Å². The van der Waals surface area contributed by atoms with Crippen molar-refractivity contribution in [3.05, 3.63) is 23.8 Å². The molecule has 1 unspecified atom stereocenters. The van der Waals surface area contributed by atoms with E-state index in [1.165, 1.54) is 0 Å². The van der Waals surface area contributed by atoms with Gasteiger partial charge in [-0.2, -0.15) is 13.2 Å². The molecule has 1 amide bonds. The highest BCUT2D eigenvalue weighted by molar-refractivity contribution is 7.99. The van der Waals surface area contributed by atoms with Gasteiger partial charge in [-0.05, 0) is 24.6 Å². The number of amides is 1. The topological polar surface area (TPSA) is 50.4 Å². The lowest BCUT2D eigenvalue weighted by atomic mass is 10.1. The molecule has 128 valence electrons. The monoisotopic (exact) mass is 348 g/mol. The highest BCUT2D eigenvalue weighted by Gasteiger charge is 2.28. The van der Waals surface area contributed by atoms with E-state index in [2.05, 4.69) is 10.6 Å². The minimum Gasteiger partial charge on any atom is -0.378 e. The molecule has 0 aromatic heterocycles. The van der Waals surface area contributed by atoms with Gasteiger partial charge in [0.05, 0.1) is 24.7 Å². The Labute approximate surface area is 137 Å². The van der Waals surface area contributed by atoms with Crippen LogP contribution in [0.2, 0.25) is 0 Å². The third kappa shape index (κ3) is 6.40. The summed E-state index contributed by atoms with van der Waals surface area (Å²) in [5.74, 6) is -1.23. The molecular weight excluding hydrogens is 329 g/mol. The highest BCUT2D eigenvalue weighted by Crippen LogP contribution is 2.33. The number of anilines is 1. The van der Waals surface area contributed by atoms with E-state index < -0.39 is 11.9 Å². The molecule has 1 atom stereocenters. The fourth-order valence-corrected chi connectivity index (χ4v) is 2.95. The number of alkyl halides is 3. The van der Waals surface area contributed by atoms with Gasteiger partial charge in [0.15, 0.2) is 0 Å². The van der Waals surface area contributed by atoms with Crippen LogP contribution in [0.4, 0.5) is 18.9 Å². The first-order valence-electron chi connectivity index (χ1n) is 7.25. The Morgan fingerprint density at radius 3 is 2.91 bits per heavy atom. The predicted octanol–water partition coefficient (Wildman–Crippen LogP) is 2.97. The fourth-order valence-electron chi connectivity index (χ4n) is 2.20. The second kappa shape index (κ2) is 8.03. The van der Waals surface area contributed by atoms with E-state index in [9.17, 15) is 18.0 Å². The van der Waals surface area contributed by atoms with Crippen molar-refractivity contribution in [2.45, 2.75) is 30.5 Å². The van der Waals surface area contributed by atoms with Gasteiger partial charge >= 0.3 is 6.18 Å². The maximum atomic E-state index is 12.4. The Morgan fingerprint density at radius 1 is 1.48 bits per heavy atom. The number of halogens is 3. The van der Waals surface area contributed by atoms with Gasteiger partial charge in [-0.1, -0.05) is 6.07 Å².